The molecular formula is C21H20ClN5. The first-order valence-corrected chi connectivity index (χ1v) is 9.19. The van der Waals surface area contributed by atoms with E-state index in [0.29, 0.717) is 5.15 Å². The van der Waals surface area contributed by atoms with Crippen LogP contribution in [0.1, 0.15) is 24.1 Å². The van der Waals surface area contributed by atoms with Crippen LogP contribution in [0.2, 0.25) is 5.15 Å². The molecule has 0 saturated heterocycles. The summed E-state index contributed by atoms with van der Waals surface area (Å²) in [5, 5.41) is 5.83. The molecule has 2 aromatic carbocycles. The zero-order valence-electron chi connectivity index (χ0n) is 15.2. The van der Waals surface area contributed by atoms with Gasteiger partial charge in [0.25, 0.3) is 0 Å². The van der Waals surface area contributed by atoms with Gasteiger partial charge in [-0.05, 0) is 43.8 Å². The number of nitrogens with zero attached hydrogens (tertiary/aromatic N) is 5. The fourth-order valence-electron chi connectivity index (χ4n) is 3.15. The van der Waals surface area contributed by atoms with Crippen LogP contribution >= 0.6 is 11.6 Å². The number of para-hydroxylation sites is 1. The van der Waals surface area contributed by atoms with E-state index in [1.807, 2.05) is 18.2 Å². The minimum atomic E-state index is 0.234. The van der Waals surface area contributed by atoms with E-state index >= 15 is 0 Å². The van der Waals surface area contributed by atoms with Crippen molar-refractivity contribution in [1.82, 2.24) is 24.6 Å². The molecule has 2 aromatic heterocycles. The molecule has 0 fully saturated rings. The second-order valence-electron chi connectivity index (χ2n) is 6.65. The van der Waals surface area contributed by atoms with Crippen molar-refractivity contribution in [1.29, 1.82) is 0 Å². The van der Waals surface area contributed by atoms with E-state index in [1.165, 1.54) is 11.9 Å². The number of aromatic nitrogens is 4. The molecule has 0 aliphatic carbocycles. The fraction of sp³-hybridized carbons (Fsp3) is 0.190. The average molecular weight is 378 g/mol. The summed E-state index contributed by atoms with van der Waals surface area (Å²) in [6.07, 6.45) is 3.23. The lowest BCUT2D eigenvalue weighted by atomic mass is 10.1. The van der Waals surface area contributed by atoms with E-state index in [1.54, 1.807) is 11.0 Å². The van der Waals surface area contributed by atoms with Gasteiger partial charge in [0.2, 0.25) is 0 Å². The third kappa shape index (κ3) is 3.70. The highest BCUT2D eigenvalue weighted by Crippen LogP contribution is 2.26. The molecule has 0 amide bonds. The molecule has 27 heavy (non-hydrogen) atoms. The van der Waals surface area contributed by atoms with Gasteiger partial charge in [0.05, 0.1) is 11.2 Å². The Balaban J connectivity index is 1.52. The Labute approximate surface area is 163 Å². The van der Waals surface area contributed by atoms with Gasteiger partial charge in [0, 0.05) is 23.5 Å². The highest BCUT2D eigenvalue weighted by atomic mass is 35.5. The number of pyridine rings is 1. The predicted molar refractivity (Wildman–Crippen MR) is 108 cm³/mol. The summed E-state index contributed by atoms with van der Waals surface area (Å²) in [6, 6.07) is 18.8. The molecule has 0 saturated carbocycles. The SMILES string of the molecule is CC(c1ccc(-n2cncn2)cc1)N(C)Cc1cc2ccccc2nc1Cl. The standard InChI is InChI=1S/C21H20ClN5/c1-15(16-7-9-19(10-8-16)27-14-23-13-24-27)26(2)12-18-11-17-5-3-4-6-20(17)25-21(18)22/h3-11,13-15H,12H2,1-2H3. The van der Waals surface area contributed by atoms with Crippen LogP contribution < -0.4 is 0 Å². The zero-order chi connectivity index (χ0) is 18.8. The third-order valence-corrected chi connectivity index (χ3v) is 5.22. The van der Waals surface area contributed by atoms with Crippen LogP contribution in [0.25, 0.3) is 16.6 Å². The van der Waals surface area contributed by atoms with Crippen LogP contribution in [0.3, 0.4) is 0 Å². The Kier molecular flexibility index (Phi) is 4.88. The largest absolute Gasteiger partial charge is 0.295 e. The smallest absolute Gasteiger partial charge is 0.138 e. The highest BCUT2D eigenvalue weighted by molar-refractivity contribution is 6.30. The minimum absolute atomic E-state index is 0.234. The summed E-state index contributed by atoms with van der Waals surface area (Å²) in [4.78, 5) is 10.8. The molecule has 0 bridgehead atoms. The molecule has 4 rings (SSSR count). The maximum atomic E-state index is 6.42. The van der Waals surface area contributed by atoms with Gasteiger partial charge in [-0.15, -0.1) is 0 Å². The first-order valence-electron chi connectivity index (χ1n) is 8.81. The van der Waals surface area contributed by atoms with Gasteiger partial charge in [-0.3, -0.25) is 4.90 Å². The normalized spacial score (nSPS) is 12.6. The van der Waals surface area contributed by atoms with Crippen molar-refractivity contribution in [2.45, 2.75) is 19.5 Å². The van der Waals surface area contributed by atoms with E-state index in [-0.39, 0.29) is 6.04 Å². The van der Waals surface area contributed by atoms with E-state index in [2.05, 4.69) is 70.3 Å². The molecule has 5 nitrogen and oxygen atoms in total. The molecule has 1 unspecified atom stereocenters. The fourth-order valence-corrected chi connectivity index (χ4v) is 3.36. The quantitative estimate of drug-likeness (QED) is 0.474. The van der Waals surface area contributed by atoms with E-state index in [0.717, 1.165) is 28.7 Å². The molecular weight excluding hydrogens is 358 g/mol. The number of benzene rings is 2. The number of fused-ring (bicyclic) bond motifs is 1. The van der Waals surface area contributed by atoms with Crippen molar-refractivity contribution in [2.24, 2.45) is 0 Å². The molecule has 6 heteroatoms. The van der Waals surface area contributed by atoms with Gasteiger partial charge < -0.3 is 0 Å². The number of hydrogen-bond donors (Lipinski definition) is 0. The Morgan fingerprint density at radius 1 is 1.11 bits per heavy atom. The Morgan fingerprint density at radius 3 is 2.63 bits per heavy atom. The monoisotopic (exact) mass is 377 g/mol. The maximum Gasteiger partial charge on any atom is 0.138 e. The van der Waals surface area contributed by atoms with E-state index in [4.69, 9.17) is 11.6 Å². The summed E-state index contributed by atoms with van der Waals surface area (Å²) in [7, 11) is 2.10. The Bertz CT molecular complexity index is 1040. The molecule has 0 N–H and O–H groups in total. The second kappa shape index (κ2) is 7.47. The Morgan fingerprint density at radius 2 is 1.89 bits per heavy atom. The van der Waals surface area contributed by atoms with Gasteiger partial charge in [-0.2, -0.15) is 5.10 Å². The highest BCUT2D eigenvalue weighted by Gasteiger charge is 2.15. The molecule has 4 aromatic rings. The van der Waals surface area contributed by atoms with Gasteiger partial charge in [-0.25, -0.2) is 14.6 Å². The Hall–Kier alpha value is -2.76. The van der Waals surface area contributed by atoms with Crippen molar-refractivity contribution in [3.63, 3.8) is 0 Å². The van der Waals surface area contributed by atoms with Gasteiger partial charge >= 0.3 is 0 Å². The van der Waals surface area contributed by atoms with Gasteiger partial charge in [-0.1, -0.05) is 41.9 Å². The number of hydrogen-bond acceptors (Lipinski definition) is 4. The van der Waals surface area contributed by atoms with Crippen LogP contribution in [-0.4, -0.2) is 31.7 Å². The van der Waals surface area contributed by atoms with Crippen molar-refractivity contribution < 1.29 is 0 Å². The molecule has 0 spiro atoms. The van der Waals surface area contributed by atoms with Gasteiger partial charge in [0.15, 0.2) is 0 Å². The first-order chi connectivity index (χ1) is 13.1. The molecule has 2 heterocycles. The van der Waals surface area contributed by atoms with Crippen LogP contribution in [0.15, 0.2) is 67.3 Å². The van der Waals surface area contributed by atoms with Crippen LogP contribution in [0, 0.1) is 0 Å². The lowest BCUT2D eigenvalue weighted by molar-refractivity contribution is 0.253. The van der Waals surface area contributed by atoms with E-state index < -0.39 is 0 Å². The zero-order valence-corrected chi connectivity index (χ0v) is 16.0. The second-order valence-corrected chi connectivity index (χ2v) is 7.01. The summed E-state index contributed by atoms with van der Waals surface area (Å²) >= 11 is 6.42. The average Bonchev–Trinajstić information content (AvgIpc) is 3.23. The van der Waals surface area contributed by atoms with Crippen LogP contribution in [0.5, 0.6) is 0 Å². The third-order valence-electron chi connectivity index (χ3n) is 4.89. The lowest BCUT2D eigenvalue weighted by Gasteiger charge is -2.25. The van der Waals surface area contributed by atoms with Crippen LogP contribution in [0.4, 0.5) is 0 Å². The van der Waals surface area contributed by atoms with Crippen molar-refractivity contribution in [3.05, 3.63) is 83.5 Å². The molecule has 136 valence electrons. The van der Waals surface area contributed by atoms with Gasteiger partial charge in [0.1, 0.15) is 17.8 Å². The first kappa shape index (κ1) is 17.6. The molecule has 0 aliphatic heterocycles. The predicted octanol–water partition coefficient (Wildman–Crippen LogP) is 4.66. The molecule has 0 aliphatic rings. The molecule has 1 atom stereocenters. The van der Waals surface area contributed by atoms with Crippen LogP contribution in [-0.2, 0) is 6.54 Å². The maximum absolute atomic E-state index is 6.42. The summed E-state index contributed by atoms with van der Waals surface area (Å²) in [5.41, 5.74) is 4.17. The number of halogens is 1. The lowest BCUT2D eigenvalue weighted by Crippen LogP contribution is -2.22. The minimum Gasteiger partial charge on any atom is -0.295 e. The number of rotatable bonds is 5. The van der Waals surface area contributed by atoms with Crippen molar-refractivity contribution in [2.75, 3.05) is 7.05 Å². The summed E-state index contributed by atoms with van der Waals surface area (Å²) < 4.78 is 1.75. The van der Waals surface area contributed by atoms with Crippen molar-refractivity contribution in [3.8, 4) is 5.69 Å². The summed E-state index contributed by atoms with van der Waals surface area (Å²) in [5.74, 6) is 0. The summed E-state index contributed by atoms with van der Waals surface area (Å²) in [6.45, 7) is 2.91. The van der Waals surface area contributed by atoms with Crippen molar-refractivity contribution >= 4 is 22.5 Å². The van der Waals surface area contributed by atoms with E-state index in [9.17, 15) is 0 Å². The topological polar surface area (TPSA) is 46.8 Å². The molecule has 0 radical (unpaired) electrons.